The molecule has 0 saturated heterocycles. The number of amides is 1. The van der Waals surface area contributed by atoms with E-state index in [-0.39, 0.29) is 23.6 Å². The Morgan fingerprint density at radius 3 is 2.38 bits per heavy atom. The average Bonchev–Trinajstić information content (AvgIpc) is 2.49. The summed E-state index contributed by atoms with van der Waals surface area (Å²) in [5.41, 5.74) is 3.59. The van der Waals surface area contributed by atoms with Crippen LogP contribution in [0.4, 0.5) is 0 Å². The minimum absolute atomic E-state index is 0.0395. The number of carboxylic acid groups (broad SMARTS) is 2. The van der Waals surface area contributed by atoms with Gasteiger partial charge in [0.2, 0.25) is 11.5 Å². The molecule has 1 amide bonds. The van der Waals surface area contributed by atoms with Crippen LogP contribution < -0.4 is 11.1 Å². The minimum atomic E-state index is -1.94. The second-order valence-corrected chi connectivity index (χ2v) is 6.10. The van der Waals surface area contributed by atoms with Crippen LogP contribution in [0.3, 0.4) is 0 Å². The highest BCUT2D eigenvalue weighted by molar-refractivity contribution is 7.80. The highest BCUT2D eigenvalue weighted by Gasteiger charge is 2.43. The van der Waals surface area contributed by atoms with Crippen LogP contribution in [0.1, 0.15) is 39.0 Å². The molecule has 0 bridgehead atoms. The van der Waals surface area contributed by atoms with Crippen LogP contribution in [0.15, 0.2) is 0 Å². The molecule has 0 saturated carbocycles. The Kier molecular flexibility index (Phi) is 10.6. The molecule has 0 aliphatic rings. The molecule has 10 heteroatoms. The number of carbonyl (C=O) groups is 3. The molecule has 138 valence electrons. The van der Waals surface area contributed by atoms with E-state index in [1.807, 2.05) is 6.92 Å². The first-order valence-electron chi connectivity index (χ1n) is 7.51. The van der Waals surface area contributed by atoms with Gasteiger partial charge in [0, 0.05) is 0 Å². The molecule has 2 atom stereocenters. The summed E-state index contributed by atoms with van der Waals surface area (Å²) in [6.45, 7) is 1.29. The summed E-state index contributed by atoms with van der Waals surface area (Å²) in [4.78, 5) is 34.0. The highest BCUT2D eigenvalue weighted by Crippen LogP contribution is 2.21. The molecule has 0 rings (SSSR count). The van der Waals surface area contributed by atoms with E-state index < -0.39 is 36.1 Å². The number of nitrogens with two attached hydrogens (primary N) is 1. The summed E-state index contributed by atoms with van der Waals surface area (Å²) in [7, 11) is 0. The number of unbranched alkanes of at least 4 members (excludes halogenated alkanes) is 2. The van der Waals surface area contributed by atoms with Gasteiger partial charge in [0.05, 0.1) is 0 Å². The van der Waals surface area contributed by atoms with Crippen LogP contribution >= 0.6 is 24.8 Å². The zero-order chi connectivity index (χ0) is 18.8. The molecule has 0 aromatic carbocycles. The van der Waals surface area contributed by atoms with Crippen molar-refractivity contribution in [1.82, 2.24) is 5.32 Å². The summed E-state index contributed by atoms with van der Waals surface area (Å²) >= 11 is 8.73. The maximum Gasteiger partial charge on any atom is 0.343 e. The van der Waals surface area contributed by atoms with E-state index in [1.165, 1.54) is 0 Å². The Morgan fingerprint density at radius 2 is 1.96 bits per heavy atom. The molecular weight excluding hydrogens is 356 g/mol. The lowest BCUT2D eigenvalue weighted by atomic mass is 9.95. The molecule has 5 N–H and O–H groups in total. The third-order valence-electron chi connectivity index (χ3n) is 3.38. The summed E-state index contributed by atoms with van der Waals surface area (Å²) in [5, 5.41) is 20.7. The molecule has 8 nitrogen and oxygen atoms in total. The number of thiol groups is 1. The van der Waals surface area contributed by atoms with Crippen LogP contribution in [0.2, 0.25) is 0 Å². The van der Waals surface area contributed by atoms with Crippen LogP contribution in [0.25, 0.3) is 0 Å². The summed E-state index contributed by atoms with van der Waals surface area (Å²) in [5.74, 6) is -3.08. The maximum atomic E-state index is 11.9. The van der Waals surface area contributed by atoms with Gasteiger partial charge in [-0.1, -0.05) is 32.0 Å². The van der Waals surface area contributed by atoms with Crippen molar-refractivity contribution in [3.8, 4) is 0 Å². The molecule has 0 fully saturated rings. The van der Waals surface area contributed by atoms with E-state index in [1.54, 1.807) is 0 Å². The number of ether oxygens (including phenoxy) is 1. The van der Waals surface area contributed by atoms with Crippen LogP contribution in [-0.2, 0) is 19.1 Å². The van der Waals surface area contributed by atoms with Crippen LogP contribution in [-0.4, -0.2) is 57.0 Å². The van der Waals surface area contributed by atoms with Crippen LogP contribution in [0.5, 0.6) is 0 Å². The van der Waals surface area contributed by atoms with Gasteiger partial charge >= 0.3 is 11.9 Å². The standard InChI is InChI=1S/C14H24N2O6S2/c1-2-3-4-6-14(12(15)24,13(20)21)22-8-10(17)16-9(5-7-23)11(18)19/h9,23H,2-8H2,1H3,(H2,15,24)(H,16,17)(H,18,19)(H,20,21). The smallest absolute Gasteiger partial charge is 0.343 e. The molecule has 0 aliphatic heterocycles. The number of thiocarbonyl (C=S) groups is 1. The van der Waals surface area contributed by atoms with E-state index >= 15 is 0 Å². The zero-order valence-electron chi connectivity index (χ0n) is 13.5. The number of rotatable bonds is 13. The van der Waals surface area contributed by atoms with Gasteiger partial charge in [0.1, 0.15) is 17.6 Å². The molecule has 0 radical (unpaired) electrons. The average molecular weight is 380 g/mol. The number of hydrogen-bond acceptors (Lipinski definition) is 6. The minimum Gasteiger partial charge on any atom is -0.480 e. The highest BCUT2D eigenvalue weighted by atomic mass is 32.1. The topological polar surface area (TPSA) is 139 Å². The van der Waals surface area contributed by atoms with Crippen molar-refractivity contribution in [3.05, 3.63) is 0 Å². The van der Waals surface area contributed by atoms with Gasteiger partial charge in [0.25, 0.3) is 0 Å². The summed E-state index contributed by atoms with van der Waals surface area (Å²) in [6, 6.07) is -1.12. The summed E-state index contributed by atoms with van der Waals surface area (Å²) < 4.78 is 5.23. The molecular formula is C14H24N2O6S2. The largest absolute Gasteiger partial charge is 0.480 e. The lowest BCUT2D eigenvalue weighted by Gasteiger charge is -2.28. The third kappa shape index (κ3) is 7.02. The van der Waals surface area contributed by atoms with Crippen molar-refractivity contribution in [2.75, 3.05) is 12.4 Å². The number of carboxylic acids is 2. The predicted octanol–water partition coefficient (Wildman–Crippen LogP) is 0.582. The fraction of sp³-hybridized carbons (Fsp3) is 0.714. The lowest BCUT2D eigenvalue weighted by Crippen LogP contribution is -2.54. The van der Waals surface area contributed by atoms with Gasteiger partial charge < -0.3 is 26.0 Å². The van der Waals surface area contributed by atoms with Crippen molar-refractivity contribution in [2.45, 2.75) is 50.7 Å². The molecule has 0 spiro atoms. The maximum absolute atomic E-state index is 11.9. The molecule has 2 unspecified atom stereocenters. The molecule has 0 heterocycles. The van der Waals surface area contributed by atoms with Gasteiger partial charge in [-0.25, -0.2) is 9.59 Å². The second kappa shape index (κ2) is 11.2. The third-order valence-corrected chi connectivity index (χ3v) is 3.96. The first kappa shape index (κ1) is 22.6. The van der Waals surface area contributed by atoms with Crippen molar-refractivity contribution < 1.29 is 29.3 Å². The molecule has 0 aliphatic carbocycles. The number of carbonyl (C=O) groups excluding carboxylic acids is 1. The van der Waals surface area contributed by atoms with Crippen molar-refractivity contribution >= 4 is 47.7 Å². The molecule has 0 aromatic heterocycles. The van der Waals surface area contributed by atoms with Gasteiger partial charge in [-0.3, -0.25) is 4.79 Å². The Hall–Kier alpha value is -1.39. The monoisotopic (exact) mass is 380 g/mol. The van der Waals surface area contributed by atoms with Crippen molar-refractivity contribution in [3.63, 3.8) is 0 Å². The fourth-order valence-corrected chi connectivity index (χ4v) is 2.48. The van der Waals surface area contributed by atoms with Crippen LogP contribution in [0, 0.1) is 0 Å². The lowest BCUT2D eigenvalue weighted by molar-refractivity contribution is -0.160. The Morgan fingerprint density at radius 1 is 1.33 bits per heavy atom. The predicted molar refractivity (Wildman–Crippen MR) is 95.3 cm³/mol. The second-order valence-electron chi connectivity index (χ2n) is 5.21. The van der Waals surface area contributed by atoms with E-state index in [0.29, 0.717) is 6.42 Å². The number of aliphatic carboxylic acids is 2. The molecule has 24 heavy (non-hydrogen) atoms. The van der Waals surface area contributed by atoms with E-state index in [0.717, 1.165) is 12.8 Å². The number of hydrogen-bond donors (Lipinski definition) is 5. The quantitative estimate of drug-likeness (QED) is 0.178. The first-order chi connectivity index (χ1) is 11.2. The Bertz CT molecular complexity index is 458. The summed E-state index contributed by atoms with van der Waals surface area (Å²) in [6.07, 6.45) is 2.30. The van der Waals surface area contributed by atoms with Gasteiger partial charge in [0.15, 0.2) is 0 Å². The van der Waals surface area contributed by atoms with E-state index in [9.17, 15) is 19.5 Å². The van der Waals surface area contributed by atoms with Crippen molar-refractivity contribution in [1.29, 1.82) is 0 Å². The Labute approximate surface area is 151 Å². The van der Waals surface area contributed by atoms with Gasteiger partial charge in [-0.15, -0.1) is 0 Å². The van der Waals surface area contributed by atoms with E-state index in [4.69, 9.17) is 27.8 Å². The number of nitrogens with one attached hydrogen (secondary N) is 1. The van der Waals surface area contributed by atoms with E-state index in [2.05, 4.69) is 17.9 Å². The van der Waals surface area contributed by atoms with Gasteiger partial charge in [-0.2, -0.15) is 12.6 Å². The fourth-order valence-electron chi connectivity index (χ4n) is 1.98. The normalized spacial score (nSPS) is 14.4. The van der Waals surface area contributed by atoms with Gasteiger partial charge in [-0.05, 0) is 25.0 Å². The zero-order valence-corrected chi connectivity index (χ0v) is 15.2. The SMILES string of the molecule is CCCCCC(OCC(=O)NC(CCS)C(=O)O)(C(=O)O)C(N)=S. The first-order valence-corrected chi connectivity index (χ1v) is 8.55. The Balaban J connectivity index is 4.91. The van der Waals surface area contributed by atoms with Crippen molar-refractivity contribution in [2.24, 2.45) is 5.73 Å². The molecule has 0 aromatic rings.